The lowest BCUT2D eigenvalue weighted by Gasteiger charge is -2.40. The van der Waals surface area contributed by atoms with Crippen LogP contribution in [0.15, 0.2) is 60.9 Å². The summed E-state index contributed by atoms with van der Waals surface area (Å²) in [5.41, 5.74) is 1.90. The lowest BCUT2D eigenvalue weighted by atomic mass is 9.86. The molecule has 3 N–H and O–H groups in total. The first kappa shape index (κ1) is 26.2. The molecule has 2 aliphatic heterocycles. The van der Waals surface area contributed by atoms with Crippen molar-refractivity contribution in [3.05, 3.63) is 88.7 Å². The first-order valence-electron chi connectivity index (χ1n) is 13.2. The molecule has 0 bridgehead atoms. The Balaban J connectivity index is 1.25. The highest BCUT2D eigenvalue weighted by atomic mass is 35.5. The van der Waals surface area contributed by atoms with Crippen molar-refractivity contribution >= 4 is 23.2 Å². The van der Waals surface area contributed by atoms with Crippen molar-refractivity contribution in [1.29, 1.82) is 0 Å². The molecule has 11 heteroatoms. The number of rotatable bonds is 6. The molecule has 2 aromatic heterocycles. The normalized spacial score (nSPS) is 18.4. The molecular formula is C29H29ClFN7O2. The van der Waals surface area contributed by atoms with Crippen LogP contribution in [0.4, 0.5) is 10.1 Å². The largest absolute Gasteiger partial charge is 0.491 e. The highest BCUT2D eigenvalue weighted by Gasteiger charge is 2.39. The first-order chi connectivity index (χ1) is 19.4. The zero-order chi connectivity index (χ0) is 27.7. The fourth-order valence-corrected chi connectivity index (χ4v) is 5.59. The van der Waals surface area contributed by atoms with Gasteiger partial charge in [0.25, 0.3) is 5.91 Å². The molecule has 4 heterocycles. The smallest absolute Gasteiger partial charge is 0.251 e. The zero-order valence-corrected chi connectivity index (χ0v) is 22.7. The number of aromatic nitrogens is 4. The molecular weight excluding hydrogens is 533 g/mol. The number of anilines is 1. The Morgan fingerprint density at radius 1 is 1.18 bits per heavy atom. The number of pyridine rings is 1. The number of nitrogens with zero attached hydrogens (tertiary/aromatic N) is 4. The van der Waals surface area contributed by atoms with Gasteiger partial charge in [-0.25, -0.2) is 9.37 Å². The quantitative estimate of drug-likeness (QED) is 0.306. The molecule has 1 atom stereocenters. The fourth-order valence-electron chi connectivity index (χ4n) is 5.37. The molecule has 2 aliphatic rings. The standard InChI is InChI=1S/C29H29ClFN7O2/c1-38-14-10-29(11-15-38,28-34-26(36-37-28)18-7-12-32-13-8-18)35-20-4-2-3-19(17-20)27(39)33-23-9-16-40-25-21(30)5-6-22(31)24(23)25/h2-8,12-13,17,23,35H,9-11,14-16H2,1H3,(H,33,39)(H,34,36,37). The van der Waals surface area contributed by atoms with E-state index in [1.165, 1.54) is 12.1 Å². The van der Waals surface area contributed by atoms with E-state index in [4.69, 9.17) is 21.3 Å². The van der Waals surface area contributed by atoms with Gasteiger partial charge in [0.2, 0.25) is 0 Å². The maximum atomic E-state index is 14.7. The van der Waals surface area contributed by atoms with Crippen molar-refractivity contribution in [3.63, 3.8) is 0 Å². The molecule has 40 heavy (non-hydrogen) atoms. The summed E-state index contributed by atoms with van der Waals surface area (Å²) < 4.78 is 20.3. The van der Waals surface area contributed by atoms with Crippen molar-refractivity contribution in [2.75, 3.05) is 32.1 Å². The van der Waals surface area contributed by atoms with E-state index in [-0.39, 0.29) is 17.2 Å². The second kappa shape index (κ2) is 10.9. The second-order valence-corrected chi connectivity index (χ2v) is 10.7. The minimum Gasteiger partial charge on any atom is -0.491 e. The monoisotopic (exact) mass is 561 g/mol. The van der Waals surface area contributed by atoms with E-state index in [1.54, 1.807) is 18.5 Å². The first-order valence-corrected chi connectivity index (χ1v) is 13.6. The van der Waals surface area contributed by atoms with Crippen LogP contribution in [0.25, 0.3) is 11.4 Å². The molecule has 4 aromatic rings. The van der Waals surface area contributed by atoms with Gasteiger partial charge in [0.1, 0.15) is 11.6 Å². The maximum Gasteiger partial charge on any atom is 0.251 e. The van der Waals surface area contributed by atoms with Crippen molar-refractivity contribution in [2.24, 2.45) is 0 Å². The molecule has 2 aromatic carbocycles. The maximum absolute atomic E-state index is 14.7. The van der Waals surface area contributed by atoms with Gasteiger partial charge in [0.15, 0.2) is 11.6 Å². The van der Waals surface area contributed by atoms with Gasteiger partial charge in [-0.1, -0.05) is 17.7 Å². The Hall–Kier alpha value is -4.02. The SMILES string of the molecule is CN1CCC(Nc2cccc(C(=O)NC3CCOc4c(Cl)ccc(F)c43)c2)(c2nc(-c3ccncc3)n[nH]2)CC1. The average Bonchev–Trinajstić information content (AvgIpc) is 3.48. The third kappa shape index (κ3) is 5.12. The van der Waals surface area contributed by atoms with Crippen molar-refractivity contribution < 1.29 is 13.9 Å². The van der Waals surface area contributed by atoms with Crippen LogP contribution in [-0.2, 0) is 5.54 Å². The summed E-state index contributed by atoms with van der Waals surface area (Å²) >= 11 is 6.22. The lowest BCUT2D eigenvalue weighted by molar-refractivity contribution is 0.0923. The van der Waals surface area contributed by atoms with E-state index in [1.807, 2.05) is 30.3 Å². The summed E-state index contributed by atoms with van der Waals surface area (Å²) in [6.07, 6.45) is 5.46. The molecule has 0 radical (unpaired) electrons. The molecule has 1 fully saturated rings. The van der Waals surface area contributed by atoms with Crippen molar-refractivity contribution in [1.82, 2.24) is 30.4 Å². The summed E-state index contributed by atoms with van der Waals surface area (Å²) in [5, 5.41) is 14.6. The number of H-pyrrole nitrogens is 1. The second-order valence-electron chi connectivity index (χ2n) is 10.3. The van der Waals surface area contributed by atoms with Gasteiger partial charge >= 0.3 is 0 Å². The number of aromatic amines is 1. The third-order valence-corrected chi connectivity index (χ3v) is 7.93. The van der Waals surface area contributed by atoms with Gasteiger partial charge in [0, 0.05) is 48.7 Å². The minimum absolute atomic E-state index is 0.280. The van der Waals surface area contributed by atoms with Crippen LogP contribution in [-0.4, -0.2) is 57.7 Å². The van der Waals surface area contributed by atoms with Gasteiger partial charge < -0.3 is 20.3 Å². The Morgan fingerprint density at radius 2 is 1.98 bits per heavy atom. The summed E-state index contributed by atoms with van der Waals surface area (Å²) in [5.74, 6) is 0.874. The average molecular weight is 562 g/mol. The number of piperidine rings is 1. The Kier molecular flexibility index (Phi) is 7.12. The predicted molar refractivity (Wildman–Crippen MR) is 150 cm³/mol. The van der Waals surface area contributed by atoms with E-state index in [9.17, 15) is 9.18 Å². The number of hydrogen-bond donors (Lipinski definition) is 3. The van der Waals surface area contributed by atoms with Crippen LogP contribution in [0.2, 0.25) is 5.02 Å². The number of nitrogens with one attached hydrogen (secondary N) is 3. The molecule has 1 saturated heterocycles. The van der Waals surface area contributed by atoms with E-state index >= 15 is 0 Å². The van der Waals surface area contributed by atoms with Gasteiger partial charge in [-0.2, -0.15) is 5.10 Å². The summed E-state index contributed by atoms with van der Waals surface area (Å²) in [6, 6.07) is 13.3. The molecule has 9 nitrogen and oxygen atoms in total. The fraction of sp³-hybridized carbons (Fsp3) is 0.310. The van der Waals surface area contributed by atoms with Gasteiger partial charge in [0.05, 0.1) is 28.8 Å². The molecule has 0 saturated carbocycles. The molecule has 0 aliphatic carbocycles. The molecule has 1 unspecified atom stereocenters. The molecule has 0 spiro atoms. The van der Waals surface area contributed by atoms with Gasteiger partial charge in [-0.05, 0) is 62.4 Å². The number of ether oxygens (including phenoxy) is 1. The molecule has 1 amide bonds. The van der Waals surface area contributed by atoms with E-state index < -0.39 is 17.4 Å². The summed E-state index contributed by atoms with van der Waals surface area (Å²) in [4.78, 5) is 24.6. The number of carbonyl (C=O) groups excluding carboxylic acids is 1. The Morgan fingerprint density at radius 3 is 2.77 bits per heavy atom. The number of amides is 1. The van der Waals surface area contributed by atoms with E-state index in [0.29, 0.717) is 29.4 Å². The van der Waals surface area contributed by atoms with Crippen LogP contribution < -0.4 is 15.4 Å². The van der Waals surface area contributed by atoms with Crippen LogP contribution in [0.3, 0.4) is 0 Å². The van der Waals surface area contributed by atoms with Gasteiger partial charge in [-0.3, -0.25) is 14.9 Å². The minimum atomic E-state index is -0.549. The summed E-state index contributed by atoms with van der Waals surface area (Å²) in [7, 11) is 2.10. The van der Waals surface area contributed by atoms with E-state index in [2.05, 4.69) is 37.8 Å². The number of hydrogen-bond acceptors (Lipinski definition) is 7. The highest BCUT2D eigenvalue weighted by molar-refractivity contribution is 6.32. The number of fused-ring (bicyclic) bond motifs is 1. The Bertz CT molecular complexity index is 1520. The summed E-state index contributed by atoms with van der Waals surface area (Å²) in [6.45, 7) is 2.07. The number of halogens is 2. The molecule has 6 rings (SSSR count). The van der Waals surface area contributed by atoms with E-state index in [0.717, 1.165) is 43.0 Å². The topological polar surface area (TPSA) is 108 Å². The number of benzene rings is 2. The van der Waals surface area contributed by atoms with Crippen LogP contribution in [0.5, 0.6) is 5.75 Å². The zero-order valence-electron chi connectivity index (χ0n) is 22.0. The van der Waals surface area contributed by atoms with Crippen LogP contribution in [0, 0.1) is 5.82 Å². The third-order valence-electron chi connectivity index (χ3n) is 7.63. The van der Waals surface area contributed by atoms with Crippen LogP contribution in [0.1, 0.15) is 47.1 Å². The lowest BCUT2D eigenvalue weighted by Crippen LogP contribution is -2.46. The van der Waals surface area contributed by atoms with Crippen molar-refractivity contribution in [2.45, 2.75) is 30.8 Å². The number of carbonyl (C=O) groups is 1. The highest BCUT2D eigenvalue weighted by Crippen LogP contribution is 2.40. The number of likely N-dealkylation sites (tertiary alicyclic amines) is 1. The predicted octanol–water partition coefficient (Wildman–Crippen LogP) is 4.95. The molecule has 206 valence electrons. The van der Waals surface area contributed by atoms with Crippen molar-refractivity contribution in [3.8, 4) is 17.1 Å². The van der Waals surface area contributed by atoms with Crippen LogP contribution >= 0.6 is 11.6 Å². The van der Waals surface area contributed by atoms with Gasteiger partial charge in [-0.15, -0.1) is 0 Å². The Labute approximate surface area is 236 Å².